The minimum atomic E-state index is -2.12. The highest BCUT2D eigenvalue weighted by Gasteiger charge is 2.52. The maximum atomic E-state index is 12.8. The molecule has 0 saturated carbocycles. The van der Waals surface area contributed by atoms with Gasteiger partial charge >= 0.3 is 12.1 Å². The van der Waals surface area contributed by atoms with Gasteiger partial charge in [0.1, 0.15) is 12.2 Å². The van der Waals surface area contributed by atoms with E-state index >= 15 is 0 Å². The highest BCUT2D eigenvalue weighted by Crippen LogP contribution is 2.33. The van der Waals surface area contributed by atoms with Gasteiger partial charge < -0.3 is 24.6 Å². The maximum Gasteiger partial charge on any atom is 0.508 e. The lowest BCUT2D eigenvalue weighted by atomic mass is 9.85. The molecule has 0 bridgehead atoms. The summed E-state index contributed by atoms with van der Waals surface area (Å²) in [6.45, 7) is 2.29. The molecule has 0 spiro atoms. The van der Waals surface area contributed by atoms with E-state index in [4.69, 9.17) is 37.4 Å². The van der Waals surface area contributed by atoms with Crippen LogP contribution in [0.2, 0.25) is 10.0 Å². The van der Waals surface area contributed by atoms with Crippen LogP contribution in [-0.2, 0) is 23.8 Å². The summed E-state index contributed by atoms with van der Waals surface area (Å²) in [6.07, 6.45) is 0.734. The Morgan fingerprint density at radius 1 is 1.19 bits per heavy atom. The van der Waals surface area contributed by atoms with Crippen LogP contribution < -0.4 is 15.9 Å². The van der Waals surface area contributed by atoms with E-state index in [9.17, 15) is 19.5 Å². The summed E-state index contributed by atoms with van der Waals surface area (Å²) in [5.74, 6) is -1.92. The van der Waals surface area contributed by atoms with Crippen molar-refractivity contribution in [2.45, 2.75) is 37.5 Å². The zero-order chi connectivity index (χ0) is 26.6. The van der Waals surface area contributed by atoms with Gasteiger partial charge in [0.05, 0.1) is 23.6 Å². The van der Waals surface area contributed by atoms with Crippen LogP contribution in [0.5, 0.6) is 0 Å². The van der Waals surface area contributed by atoms with Crippen LogP contribution in [0.1, 0.15) is 19.8 Å². The minimum absolute atomic E-state index is 0.0613. The maximum absolute atomic E-state index is 12.8. The van der Waals surface area contributed by atoms with E-state index < -0.39 is 35.8 Å². The van der Waals surface area contributed by atoms with Crippen molar-refractivity contribution in [3.05, 3.63) is 75.2 Å². The first-order chi connectivity index (χ1) is 17.7. The van der Waals surface area contributed by atoms with Gasteiger partial charge in [0.15, 0.2) is 0 Å². The predicted octanol–water partition coefficient (Wildman–Crippen LogP) is 3.52. The molecule has 37 heavy (non-hydrogen) atoms. The van der Waals surface area contributed by atoms with E-state index in [1.54, 1.807) is 30.3 Å². The number of carbonyl (C=O) groups excluding carboxylic acids is 2. The summed E-state index contributed by atoms with van der Waals surface area (Å²) in [5, 5.41) is 13.9. The fourth-order valence-corrected chi connectivity index (χ4v) is 4.85. The molecular formula is C26H24Cl2N2O7. The number of amides is 1. The molecule has 9 nitrogen and oxygen atoms in total. The monoisotopic (exact) mass is 546 g/mol. The van der Waals surface area contributed by atoms with Crippen LogP contribution >= 0.6 is 23.2 Å². The van der Waals surface area contributed by atoms with Gasteiger partial charge in [-0.05, 0) is 37.3 Å². The van der Waals surface area contributed by atoms with E-state index in [1.807, 2.05) is 0 Å². The molecule has 11 heteroatoms. The van der Waals surface area contributed by atoms with Gasteiger partial charge in [0.2, 0.25) is 11.4 Å². The zero-order valence-electron chi connectivity index (χ0n) is 19.8. The summed E-state index contributed by atoms with van der Waals surface area (Å²) in [4.78, 5) is 42.3. The number of halogens is 2. The Hall–Kier alpha value is -3.40. The summed E-state index contributed by atoms with van der Waals surface area (Å²) in [6, 6.07) is 11.6. The van der Waals surface area contributed by atoms with Crippen LogP contribution in [0.15, 0.2) is 59.6 Å². The second kappa shape index (κ2) is 11.3. The van der Waals surface area contributed by atoms with Crippen molar-refractivity contribution < 1.29 is 33.7 Å². The molecule has 2 aliphatic heterocycles. The number of anilines is 1. The van der Waals surface area contributed by atoms with Crippen molar-refractivity contribution >= 4 is 52.5 Å². The number of hydrogen-bond donors (Lipinski definition) is 2. The number of nitrogens with zero attached hydrogens (tertiary/aromatic N) is 1. The SMILES string of the molecule is CC(OC(=O)OC1CCOCC1)C1(C(=O)O)N=c2cc(Cl)cc(Cl)c2=C1C=CC(=O)Nc1ccccc1. The lowest BCUT2D eigenvalue weighted by Gasteiger charge is -2.30. The summed E-state index contributed by atoms with van der Waals surface area (Å²) >= 11 is 12.6. The van der Waals surface area contributed by atoms with E-state index in [0.29, 0.717) is 31.7 Å². The van der Waals surface area contributed by atoms with Crippen LogP contribution in [-0.4, -0.2) is 54.1 Å². The number of fused-ring (bicyclic) bond motifs is 1. The van der Waals surface area contributed by atoms with E-state index in [1.165, 1.54) is 31.2 Å². The van der Waals surface area contributed by atoms with Gasteiger partial charge in [0, 0.05) is 40.4 Å². The molecule has 1 saturated heterocycles. The molecule has 4 rings (SSSR count). The largest absolute Gasteiger partial charge is 0.508 e. The molecule has 1 fully saturated rings. The zero-order valence-corrected chi connectivity index (χ0v) is 21.3. The Bertz CT molecular complexity index is 1360. The van der Waals surface area contributed by atoms with Gasteiger partial charge in [-0.2, -0.15) is 0 Å². The number of carboxylic acids is 1. The smallest absolute Gasteiger partial charge is 0.479 e. The number of carboxylic acid groups (broad SMARTS) is 1. The fourth-order valence-electron chi connectivity index (χ4n) is 4.26. The molecule has 0 aliphatic carbocycles. The molecule has 2 aliphatic rings. The molecule has 2 aromatic rings. The Balaban J connectivity index is 1.69. The highest BCUT2D eigenvalue weighted by molar-refractivity contribution is 6.34. The van der Waals surface area contributed by atoms with Crippen LogP contribution in [0.3, 0.4) is 0 Å². The number of aliphatic carboxylic acids is 1. The quantitative estimate of drug-likeness (QED) is 0.402. The third kappa shape index (κ3) is 5.79. The first-order valence-corrected chi connectivity index (χ1v) is 12.3. The Kier molecular flexibility index (Phi) is 8.16. The number of nitrogens with one attached hydrogen (secondary N) is 1. The number of carbonyl (C=O) groups is 3. The average molecular weight is 547 g/mol. The van der Waals surface area contributed by atoms with Gasteiger partial charge in [-0.1, -0.05) is 41.4 Å². The van der Waals surface area contributed by atoms with E-state index in [0.717, 1.165) is 0 Å². The molecule has 0 aromatic heterocycles. The first kappa shape index (κ1) is 26.7. The van der Waals surface area contributed by atoms with Crippen molar-refractivity contribution in [3.63, 3.8) is 0 Å². The van der Waals surface area contributed by atoms with Crippen LogP contribution in [0, 0.1) is 0 Å². The van der Waals surface area contributed by atoms with Gasteiger partial charge in [-0.3, -0.25) is 9.79 Å². The lowest BCUT2D eigenvalue weighted by Crippen LogP contribution is -2.49. The molecular weight excluding hydrogens is 523 g/mol. The standard InChI is InChI=1S/C26H24Cl2N2O7/c1-15(36-25(34)37-18-9-11-35-12-10-18)26(24(32)33)19(23-20(28)13-16(27)14-21(23)30-26)7-8-22(31)29-17-5-3-2-4-6-17/h2-8,13-15,18H,9-12H2,1H3,(H,29,31)(H,32,33). The molecule has 0 radical (unpaired) electrons. The normalized spacial score (nSPS) is 20.1. The van der Waals surface area contributed by atoms with Crippen molar-refractivity contribution in [3.8, 4) is 0 Å². The molecule has 2 unspecified atom stereocenters. The van der Waals surface area contributed by atoms with E-state index in [2.05, 4.69) is 10.3 Å². The topological polar surface area (TPSA) is 124 Å². The number of hydrogen-bond acceptors (Lipinski definition) is 7. The van der Waals surface area contributed by atoms with E-state index in [-0.39, 0.29) is 26.2 Å². The third-order valence-electron chi connectivity index (χ3n) is 6.07. The number of ether oxygens (including phenoxy) is 3. The molecule has 2 heterocycles. The molecule has 1 amide bonds. The highest BCUT2D eigenvalue weighted by atomic mass is 35.5. The van der Waals surface area contributed by atoms with Crippen LogP contribution in [0.25, 0.3) is 5.57 Å². The van der Waals surface area contributed by atoms with Gasteiger partial charge in [-0.25, -0.2) is 9.59 Å². The third-order valence-corrected chi connectivity index (χ3v) is 6.59. The van der Waals surface area contributed by atoms with Gasteiger partial charge in [0.25, 0.3) is 0 Å². The lowest BCUT2D eigenvalue weighted by molar-refractivity contribution is -0.144. The van der Waals surface area contributed by atoms with Crippen LogP contribution in [0.4, 0.5) is 10.5 Å². The van der Waals surface area contributed by atoms with Gasteiger partial charge in [-0.15, -0.1) is 0 Å². The van der Waals surface area contributed by atoms with Crippen molar-refractivity contribution in [1.29, 1.82) is 0 Å². The fraction of sp³-hybridized carbons (Fsp3) is 0.308. The molecule has 2 atom stereocenters. The minimum Gasteiger partial charge on any atom is -0.479 e. The second-order valence-electron chi connectivity index (χ2n) is 8.51. The Morgan fingerprint density at radius 3 is 2.57 bits per heavy atom. The number of para-hydroxylation sites is 1. The number of rotatable bonds is 7. The average Bonchev–Trinajstić information content (AvgIpc) is 3.19. The first-order valence-electron chi connectivity index (χ1n) is 11.5. The summed E-state index contributed by atoms with van der Waals surface area (Å²) in [5.41, 5.74) is -1.50. The molecule has 2 aromatic carbocycles. The number of benzene rings is 2. The van der Waals surface area contributed by atoms with Crippen molar-refractivity contribution in [2.75, 3.05) is 18.5 Å². The molecule has 194 valence electrons. The Morgan fingerprint density at radius 2 is 1.89 bits per heavy atom. The molecule has 2 N–H and O–H groups in total. The summed E-state index contributed by atoms with van der Waals surface area (Å²) < 4.78 is 16.0. The predicted molar refractivity (Wildman–Crippen MR) is 136 cm³/mol. The summed E-state index contributed by atoms with van der Waals surface area (Å²) in [7, 11) is 0. The van der Waals surface area contributed by atoms with Crippen molar-refractivity contribution in [2.24, 2.45) is 4.99 Å². The Labute approximate surface area is 222 Å². The second-order valence-corrected chi connectivity index (χ2v) is 9.35. The van der Waals surface area contributed by atoms with Crippen molar-refractivity contribution in [1.82, 2.24) is 0 Å².